The Labute approximate surface area is 104 Å². The first-order valence-corrected chi connectivity index (χ1v) is 7.34. The highest BCUT2D eigenvalue weighted by Gasteiger charge is 2.09. The highest BCUT2D eigenvalue weighted by Crippen LogP contribution is 2.11. The lowest BCUT2D eigenvalue weighted by atomic mass is 10.4. The lowest BCUT2D eigenvalue weighted by Gasteiger charge is -1.99. The zero-order valence-electron chi connectivity index (χ0n) is 9.25. The molecule has 4 N–H and O–H groups in total. The molecule has 9 heteroatoms. The van der Waals surface area contributed by atoms with Gasteiger partial charge in [-0.3, -0.25) is 9.55 Å². The van der Waals surface area contributed by atoms with Gasteiger partial charge in [0.05, 0.1) is 18.6 Å². The van der Waals surface area contributed by atoms with Crippen LogP contribution in [0.4, 0.5) is 0 Å². The van der Waals surface area contributed by atoms with Crippen molar-refractivity contribution in [3.05, 3.63) is 17.7 Å². The van der Waals surface area contributed by atoms with E-state index in [4.69, 9.17) is 10.3 Å². The Morgan fingerprint density at radius 3 is 2.94 bits per heavy atom. The van der Waals surface area contributed by atoms with E-state index in [-0.39, 0.29) is 6.54 Å². The summed E-state index contributed by atoms with van der Waals surface area (Å²) in [6.45, 7) is 2.16. The minimum atomic E-state index is -4.34. The quantitative estimate of drug-likeness (QED) is 0.305. The van der Waals surface area contributed by atoms with Crippen LogP contribution < -0.4 is 5.73 Å². The summed E-state index contributed by atoms with van der Waals surface area (Å²) in [5, 5.41) is -0.742. The van der Waals surface area contributed by atoms with E-state index in [0.717, 1.165) is 17.1 Å². The summed E-state index contributed by atoms with van der Waals surface area (Å²) in [5.41, 5.74) is 7.01. The number of H-pyrrole nitrogens is 1. The Hall–Kier alpha value is -1.06. The van der Waals surface area contributed by atoms with Gasteiger partial charge in [0.25, 0.3) is 0 Å². The Morgan fingerprint density at radius 1 is 1.71 bits per heavy atom. The van der Waals surface area contributed by atoms with Gasteiger partial charge in [0.2, 0.25) is 5.17 Å². The van der Waals surface area contributed by atoms with Crippen molar-refractivity contribution in [2.75, 3.05) is 12.3 Å². The summed E-state index contributed by atoms with van der Waals surface area (Å²) in [5.74, 6) is 1.32. The summed E-state index contributed by atoms with van der Waals surface area (Å²) >= 11 is 1.56. The predicted octanol–water partition coefficient (Wildman–Crippen LogP) is 0.154. The number of imidazole rings is 1. The molecule has 17 heavy (non-hydrogen) atoms. The number of aliphatic imine (C=N–C) groups is 1. The molecule has 0 saturated heterocycles. The second-order valence-corrected chi connectivity index (χ2v) is 5.70. The van der Waals surface area contributed by atoms with Crippen LogP contribution in [0.25, 0.3) is 0 Å². The molecule has 0 unspecified atom stereocenters. The maximum absolute atomic E-state index is 10.5. The van der Waals surface area contributed by atoms with E-state index in [1.807, 2.05) is 6.92 Å². The first-order valence-electron chi connectivity index (χ1n) is 4.75. The number of nitrogens with one attached hydrogen (secondary N) is 1. The van der Waals surface area contributed by atoms with E-state index in [0.29, 0.717) is 5.75 Å². The topological polar surface area (TPSA) is 121 Å². The first-order chi connectivity index (χ1) is 7.91. The van der Waals surface area contributed by atoms with Crippen LogP contribution in [0.1, 0.15) is 11.4 Å². The van der Waals surface area contributed by atoms with Crippen LogP contribution >= 0.6 is 11.8 Å². The fraction of sp³-hybridized carbons (Fsp3) is 0.500. The van der Waals surface area contributed by atoms with Crippen LogP contribution in [0, 0.1) is 6.92 Å². The molecule has 0 atom stereocenters. The van der Waals surface area contributed by atoms with Crippen molar-refractivity contribution < 1.29 is 13.0 Å². The molecule has 0 amide bonds. The summed E-state index contributed by atoms with van der Waals surface area (Å²) in [6.07, 6.45) is 1.62. The number of aryl methyl sites for hydroxylation is 1. The van der Waals surface area contributed by atoms with Gasteiger partial charge in [0.15, 0.2) is 0 Å². The van der Waals surface area contributed by atoms with Gasteiger partial charge in [-0.15, -0.1) is 0 Å². The van der Waals surface area contributed by atoms with Crippen LogP contribution in [-0.4, -0.2) is 40.4 Å². The Balaban J connectivity index is 2.28. The molecule has 7 nitrogen and oxygen atoms in total. The number of amidine groups is 1. The second-order valence-electron chi connectivity index (χ2n) is 3.22. The van der Waals surface area contributed by atoms with Crippen molar-refractivity contribution in [3.8, 4) is 0 Å². The van der Waals surface area contributed by atoms with E-state index in [9.17, 15) is 8.42 Å². The van der Waals surface area contributed by atoms with Crippen molar-refractivity contribution in [3.63, 3.8) is 0 Å². The van der Waals surface area contributed by atoms with Crippen molar-refractivity contribution in [1.82, 2.24) is 9.97 Å². The number of nitrogens with zero attached hydrogens (tertiary/aromatic N) is 2. The molecule has 0 bridgehead atoms. The number of hydrogen-bond acceptors (Lipinski definition) is 5. The summed E-state index contributed by atoms with van der Waals surface area (Å²) in [4.78, 5) is 10.6. The molecule has 1 heterocycles. The molecule has 0 saturated carbocycles. The molecule has 0 fully saturated rings. The average molecular weight is 278 g/mol. The van der Waals surface area contributed by atoms with E-state index < -0.39 is 15.3 Å². The van der Waals surface area contributed by atoms with Gasteiger partial charge in [0.1, 0.15) is 0 Å². The first kappa shape index (κ1) is 14.0. The summed E-state index contributed by atoms with van der Waals surface area (Å²) < 4.78 is 29.5. The van der Waals surface area contributed by atoms with Crippen molar-refractivity contribution >= 4 is 27.0 Å². The van der Waals surface area contributed by atoms with Gasteiger partial charge >= 0.3 is 10.1 Å². The number of hydrogen-bond donors (Lipinski definition) is 3. The maximum Gasteiger partial charge on any atom is 0.327 e. The van der Waals surface area contributed by atoms with Gasteiger partial charge in [0, 0.05) is 17.2 Å². The molecular formula is C8H14N4O3S2. The molecule has 1 rings (SSSR count). The highest BCUT2D eigenvalue weighted by molar-refractivity contribution is 8.01. The van der Waals surface area contributed by atoms with Gasteiger partial charge in [-0.05, 0) is 6.92 Å². The lowest BCUT2D eigenvalue weighted by molar-refractivity contribution is 0.497. The molecule has 0 radical (unpaired) electrons. The Kier molecular flexibility index (Phi) is 4.97. The second kappa shape index (κ2) is 6.03. The normalized spacial score (nSPS) is 12.9. The highest BCUT2D eigenvalue weighted by atomic mass is 32.2. The SMILES string of the molecule is Cc1[nH]cnc1CSCCN=C(N)S(=O)(=O)O. The van der Waals surface area contributed by atoms with Gasteiger partial charge in [-0.25, -0.2) is 4.98 Å². The average Bonchev–Trinajstić information content (AvgIpc) is 2.62. The minimum absolute atomic E-state index is 0.236. The van der Waals surface area contributed by atoms with Crippen molar-refractivity contribution in [2.45, 2.75) is 12.7 Å². The summed E-state index contributed by atoms with van der Waals surface area (Å²) in [6, 6.07) is 0. The smallest absolute Gasteiger partial charge is 0.327 e. The molecule has 0 aliphatic carbocycles. The molecule has 96 valence electrons. The van der Waals surface area contributed by atoms with E-state index in [1.165, 1.54) is 0 Å². The Morgan fingerprint density at radius 2 is 2.41 bits per heavy atom. The molecule has 1 aromatic rings. The third-order valence-electron chi connectivity index (χ3n) is 1.94. The molecule has 1 aromatic heterocycles. The van der Waals surface area contributed by atoms with Crippen molar-refractivity contribution in [2.24, 2.45) is 10.7 Å². The van der Waals surface area contributed by atoms with Crippen LogP contribution in [0.2, 0.25) is 0 Å². The monoisotopic (exact) mass is 278 g/mol. The molecule has 0 aromatic carbocycles. The standard InChI is InChI=1S/C8H14N4O3S2/c1-6-7(12-5-11-6)4-16-3-2-10-8(9)17(13,14)15/h5H,2-4H2,1H3,(H2,9,10)(H,11,12)(H,13,14,15). The van der Waals surface area contributed by atoms with Crippen LogP contribution in [0.5, 0.6) is 0 Å². The molecule has 0 aliphatic heterocycles. The van der Waals surface area contributed by atoms with Crippen LogP contribution in [0.15, 0.2) is 11.3 Å². The number of aromatic amines is 1. The zero-order chi connectivity index (χ0) is 12.9. The van der Waals surface area contributed by atoms with Gasteiger partial charge in [-0.2, -0.15) is 20.2 Å². The zero-order valence-corrected chi connectivity index (χ0v) is 10.9. The molecule has 0 spiro atoms. The minimum Gasteiger partial charge on any atom is -0.372 e. The van der Waals surface area contributed by atoms with Crippen LogP contribution in [0.3, 0.4) is 0 Å². The van der Waals surface area contributed by atoms with Gasteiger partial charge < -0.3 is 10.7 Å². The van der Waals surface area contributed by atoms with E-state index in [1.54, 1.807) is 18.1 Å². The summed E-state index contributed by atoms with van der Waals surface area (Å²) in [7, 11) is -4.34. The maximum atomic E-state index is 10.5. The fourth-order valence-electron chi connectivity index (χ4n) is 1.00. The number of thioether (sulfide) groups is 1. The van der Waals surface area contributed by atoms with E-state index in [2.05, 4.69) is 15.0 Å². The molecule has 0 aliphatic rings. The van der Waals surface area contributed by atoms with Gasteiger partial charge in [-0.1, -0.05) is 0 Å². The third-order valence-corrected chi connectivity index (χ3v) is 3.55. The van der Waals surface area contributed by atoms with Crippen LogP contribution in [-0.2, 0) is 15.9 Å². The lowest BCUT2D eigenvalue weighted by Crippen LogP contribution is -2.23. The van der Waals surface area contributed by atoms with Crippen molar-refractivity contribution in [1.29, 1.82) is 0 Å². The predicted molar refractivity (Wildman–Crippen MR) is 67.5 cm³/mol. The number of rotatable bonds is 5. The Bertz CT molecular complexity index is 495. The molecular weight excluding hydrogens is 264 g/mol. The number of nitrogens with two attached hydrogens (primary N) is 1. The third kappa shape index (κ3) is 4.75. The fourth-order valence-corrected chi connectivity index (χ4v) is 2.11. The van der Waals surface area contributed by atoms with E-state index >= 15 is 0 Å². The number of aromatic nitrogens is 2. The largest absolute Gasteiger partial charge is 0.372 e.